The van der Waals surface area contributed by atoms with E-state index in [0.29, 0.717) is 48.1 Å². The molecule has 5 aliphatic rings. The number of benzene rings is 1. The van der Waals surface area contributed by atoms with Crippen LogP contribution in [0.3, 0.4) is 0 Å². The number of carbonyl (C=O) groups is 1. The van der Waals surface area contributed by atoms with E-state index in [2.05, 4.69) is 36.5 Å². The third kappa shape index (κ3) is 5.12. The van der Waals surface area contributed by atoms with Crippen LogP contribution in [0.5, 0.6) is 5.75 Å². The number of aliphatic hydroxyl groups is 1. The predicted octanol–water partition coefficient (Wildman–Crippen LogP) is 7.31. The van der Waals surface area contributed by atoms with Crippen molar-refractivity contribution in [2.24, 2.45) is 29.1 Å². The maximum Gasteiger partial charge on any atom is 0.155 e. The summed E-state index contributed by atoms with van der Waals surface area (Å²) in [5.41, 5.74) is 2.80. The molecule has 4 fully saturated rings. The molecule has 38 heavy (non-hydrogen) atoms. The zero-order valence-electron chi connectivity index (χ0n) is 23.5. The molecular weight excluding hydrogens is 470 g/mol. The van der Waals surface area contributed by atoms with Crippen molar-refractivity contribution in [1.82, 2.24) is 5.32 Å². The van der Waals surface area contributed by atoms with Gasteiger partial charge in [-0.05, 0) is 118 Å². The van der Waals surface area contributed by atoms with E-state index in [0.717, 1.165) is 57.1 Å². The Hall–Kier alpha value is -1.65. The Morgan fingerprint density at radius 2 is 1.89 bits per heavy atom. The minimum Gasteiger partial charge on any atom is -0.494 e. The van der Waals surface area contributed by atoms with E-state index in [9.17, 15) is 9.90 Å². The fourth-order valence-electron chi connectivity index (χ4n) is 9.62. The first kappa shape index (κ1) is 26.6. The number of hydrogen-bond donors (Lipinski definition) is 2. The van der Waals surface area contributed by atoms with E-state index in [4.69, 9.17) is 4.74 Å². The lowest BCUT2D eigenvalue weighted by atomic mass is 9.51. The summed E-state index contributed by atoms with van der Waals surface area (Å²) in [6, 6.07) is 9.78. The number of hydrogen-bond acceptors (Lipinski definition) is 4. The molecule has 4 saturated carbocycles. The maximum atomic E-state index is 12.0. The van der Waals surface area contributed by atoms with Crippen molar-refractivity contribution in [3.05, 3.63) is 41.5 Å². The smallest absolute Gasteiger partial charge is 0.155 e. The van der Waals surface area contributed by atoms with Crippen molar-refractivity contribution in [3.63, 3.8) is 0 Å². The van der Waals surface area contributed by atoms with Gasteiger partial charge < -0.3 is 15.2 Å². The molecule has 5 unspecified atom stereocenters. The zero-order chi connectivity index (χ0) is 26.1. The van der Waals surface area contributed by atoms with Crippen LogP contribution in [0.4, 0.5) is 0 Å². The number of fused-ring (bicyclic) bond motifs is 5. The molecule has 0 radical (unpaired) electrons. The lowest BCUT2D eigenvalue weighted by Crippen LogP contribution is -2.49. The highest BCUT2D eigenvalue weighted by atomic mass is 16.5. The summed E-state index contributed by atoms with van der Waals surface area (Å²) in [4.78, 5) is 12.0. The van der Waals surface area contributed by atoms with Gasteiger partial charge in [-0.2, -0.15) is 0 Å². The third-order valence-electron chi connectivity index (χ3n) is 11.5. The van der Waals surface area contributed by atoms with Crippen LogP contribution >= 0.6 is 0 Å². The van der Waals surface area contributed by atoms with Gasteiger partial charge in [0.2, 0.25) is 0 Å². The van der Waals surface area contributed by atoms with Gasteiger partial charge in [0.1, 0.15) is 5.75 Å². The molecule has 208 valence electrons. The molecule has 0 bridgehead atoms. The Labute approximate surface area is 230 Å². The molecule has 1 aromatic carbocycles. The average molecular weight is 520 g/mol. The molecule has 1 aromatic rings. The fourth-order valence-corrected chi connectivity index (χ4v) is 9.62. The standard InChI is InChI=1S/C34H49NO3/c1-2-32(35-25-8-4-3-5-9-25)24-7-6-10-27(22-24)38-20-19-34-18-17-29-28-14-12-26(36)21-23(28)11-13-30(29)31(34)15-16-33(34)37/h6-7,10,21-22,25,28-33,35,37H,2-5,8-9,11-20H2,1H3/t28?,29?,30?,31?,32?,33-,34+/m0/s1. The van der Waals surface area contributed by atoms with Crippen LogP contribution in [0, 0.1) is 29.1 Å². The molecule has 7 atom stereocenters. The van der Waals surface area contributed by atoms with Crippen LogP contribution in [0.25, 0.3) is 0 Å². The quantitative estimate of drug-likeness (QED) is 0.378. The highest BCUT2D eigenvalue weighted by Gasteiger charge is 2.58. The molecule has 5 aliphatic carbocycles. The number of rotatable bonds is 8. The van der Waals surface area contributed by atoms with Gasteiger partial charge >= 0.3 is 0 Å². The molecule has 4 heteroatoms. The number of ether oxygens (including phenoxy) is 1. The van der Waals surface area contributed by atoms with Crippen LogP contribution in [-0.4, -0.2) is 29.6 Å². The second kappa shape index (κ2) is 11.5. The zero-order valence-corrected chi connectivity index (χ0v) is 23.5. The predicted molar refractivity (Wildman–Crippen MR) is 152 cm³/mol. The summed E-state index contributed by atoms with van der Waals surface area (Å²) in [5.74, 6) is 3.96. The lowest BCUT2D eigenvalue weighted by molar-refractivity contribution is -0.116. The molecule has 0 aromatic heterocycles. The van der Waals surface area contributed by atoms with Gasteiger partial charge in [-0.3, -0.25) is 4.79 Å². The number of ketones is 1. The van der Waals surface area contributed by atoms with E-state index >= 15 is 0 Å². The van der Waals surface area contributed by atoms with E-state index in [1.54, 1.807) is 0 Å². The second-order valence-corrected chi connectivity index (χ2v) is 13.3. The highest BCUT2D eigenvalue weighted by molar-refractivity contribution is 5.91. The van der Waals surface area contributed by atoms with Crippen molar-refractivity contribution in [2.45, 2.75) is 121 Å². The fraction of sp³-hybridized carbons (Fsp3) is 0.735. The maximum absolute atomic E-state index is 12.0. The minimum atomic E-state index is -0.197. The van der Waals surface area contributed by atoms with Crippen LogP contribution in [-0.2, 0) is 4.79 Å². The summed E-state index contributed by atoms with van der Waals surface area (Å²) >= 11 is 0. The topological polar surface area (TPSA) is 58.6 Å². The van der Waals surface area contributed by atoms with Gasteiger partial charge in [0, 0.05) is 23.9 Å². The molecule has 6 rings (SSSR count). The largest absolute Gasteiger partial charge is 0.494 e. The molecule has 0 saturated heterocycles. The molecule has 0 aliphatic heterocycles. The SMILES string of the molecule is CCC(NC1CCCCC1)c1cccc(OCC[C@]23CCC4C5CCC(=O)C=C5CCC4C2CC[C@@H]3O)c1. The molecule has 0 spiro atoms. The van der Waals surface area contributed by atoms with Crippen molar-refractivity contribution >= 4 is 5.78 Å². The Bertz CT molecular complexity index is 1010. The summed E-state index contributed by atoms with van der Waals surface area (Å²) in [7, 11) is 0. The van der Waals surface area contributed by atoms with E-state index < -0.39 is 0 Å². The molecular formula is C34H49NO3. The molecule has 0 heterocycles. The van der Waals surface area contributed by atoms with Crippen molar-refractivity contribution in [1.29, 1.82) is 0 Å². The van der Waals surface area contributed by atoms with Crippen molar-refractivity contribution in [3.8, 4) is 5.75 Å². The third-order valence-corrected chi connectivity index (χ3v) is 11.5. The van der Waals surface area contributed by atoms with Gasteiger partial charge in [0.15, 0.2) is 5.78 Å². The number of nitrogens with one attached hydrogen (secondary N) is 1. The van der Waals surface area contributed by atoms with Crippen molar-refractivity contribution < 1.29 is 14.6 Å². The number of aliphatic hydroxyl groups excluding tert-OH is 1. The molecule has 0 amide bonds. The highest BCUT2D eigenvalue weighted by Crippen LogP contribution is 2.63. The van der Waals surface area contributed by atoms with E-state index in [1.165, 1.54) is 56.1 Å². The van der Waals surface area contributed by atoms with Crippen LogP contribution in [0.15, 0.2) is 35.9 Å². The van der Waals surface area contributed by atoms with Crippen LogP contribution in [0.1, 0.15) is 115 Å². The van der Waals surface area contributed by atoms with E-state index in [1.807, 2.05) is 6.08 Å². The monoisotopic (exact) mass is 519 g/mol. The normalized spacial score (nSPS) is 36.1. The van der Waals surface area contributed by atoms with Crippen LogP contribution < -0.4 is 10.1 Å². The van der Waals surface area contributed by atoms with E-state index in [-0.39, 0.29) is 11.5 Å². The minimum absolute atomic E-state index is 0.0129. The Morgan fingerprint density at radius 3 is 2.74 bits per heavy atom. The van der Waals surface area contributed by atoms with Gasteiger partial charge in [-0.15, -0.1) is 0 Å². The summed E-state index contributed by atoms with van der Waals surface area (Å²) < 4.78 is 6.43. The first-order valence-corrected chi connectivity index (χ1v) is 16.0. The summed E-state index contributed by atoms with van der Waals surface area (Å²) in [6.45, 7) is 2.96. The van der Waals surface area contributed by atoms with Gasteiger partial charge in [0.05, 0.1) is 12.7 Å². The second-order valence-electron chi connectivity index (χ2n) is 13.3. The molecule has 2 N–H and O–H groups in total. The lowest BCUT2D eigenvalue weighted by Gasteiger charge is -2.54. The van der Waals surface area contributed by atoms with Gasteiger partial charge in [0.25, 0.3) is 0 Å². The summed E-state index contributed by atoms with van der Waals surface area (Å²) in [6.07, 6.45) is 19.0. The number of carbonyl (C=O) groups excluding carboxylic acids is 1. The van der Waals surface area contributed by atoms with Gasteiger partial charge in [-0.1, -0.05) is 43.9 Å². The van der Waals surface area contributed by atoms with Gasteiger partial charge in [-0.25, -0.2) is 0 Å². The van der Waals surface area contributed by atoms with Crippen LogP contribution in [0.2, 0.25) is 0 Å². The number of allylic oxidation sites excluding steroid dienone is 1. The Kier molecular flexibility index (Phi) is 8.01. The molecule has 4 nitrogen and oxygen atoms in total. The first-order chi connectivity index (χ1) is 18.6. The Balaban J connectivity index is 1.10. The van der Waals surface area contributed by atoms with Crippen molar-refractivity contribution in [2.75, 3.05) is 6.61 Å². The Morgan fingerprint density at radius 1 is 1.03 bits per heavy atom. The average Bonchev–Trinajstić information content (AvgIpc) is 3.28. The first-order valence-electron chi connectivity index (χ1n) is 16.0. The summed E-state index contributed by atoms with van der Waals surface area (Å²) in [5, 5.41) is 15.2.